The number of halogens is 1. The summed E-state index contributed by atoms with van der Waals surface area (Å²) in [5.41, 5.74) is 1.45. The lowest BCUT2D eigenvalue weighted by atomic mass is 10.2. The zero-order valence-corrected chi connectivity index (χ0v) is 13.1. The number of hydrogen-bond donors (Lipinski definition) is 2. The van der Waals surface area contributed by atoms with Crippen LogP contribution in [0.2, 0.25) is 0 Å². The number of hydrogen-bond acceptors (Lipinski definition) is 4. The van der Waals surface area contributed by atoms with Gasteiger partial charge in [-0.05, 0) is 30.7 Å². The maximum atomic E-state index is 14.1. The molecule has 0 aliphatic carbocycles. The van der Waals surface area contributed by atoms with Crippen molar-refractivity contribution < 1.29 is 17.6 Å². The summed E-state index contributed by atoms with van der Waals surface area (Å²) in [7, 11) is -3.00. The third kappa shape index (κ3) is 3.50. The van der Waals surface area contributed by atoms with Crippen LogP contribution < -0.4 is 10.6 Å². The number of nitrogens with zero attached hydrogens (tertiary/aromatic N) is 2. The summed E-state index contributed by atoms with van der Waals surface area (Å²) in [4.78, 5) is 11.7. The van der Waals surface area contributed by atoms with Gasteiger partial charge in [-0.25, -0.2) is 22.3 Å². The van der Waals surface area contributed by atoms with Crippen LogP contribution in [0.5, 0.6) is 0 Å². The second-order valence-electron chi connectivity index (χ2n) is 5.50. The van der Waals surface area contributed by atoms with Gasteiger partial charge in [0.1, 0.15) is 5.69 Å². The molecule has 1 aliphatic rings. The van der Waals surface area contributed by atoms with Crippen LogP contribution in [0.3, 0.4) is 0 Å². The quantitative estimate of drug-likeness (QED) is 0.880. The molecule has 122 valence electrons. The highest BCUT2D eigenvalue weighted by Gasteiger charge is 2.34. The maximum Gasteiger partial charge on any atom is 0.319 e. The summed E-state index contributed by atoms with van der Waals surface area (Å²) < 4.78 is 37.6. The number of carbonyl (C=O) groups is 1. The number of urea groups is 1. The van der Waals surface area contributed by atoms with E-state index in [-0.39, 0.29) is 22.9 Å². The molecule has 0 saturated carbocycles. The number of aryl methyl sites for hydroxylation is 1. The van der Waals surface area contributed by atoms with E-state index in [1.54, 1.807) is 18.5 Å². The van der Waals surface area contributed by atoms with Gasteiger partial charge in [0.2, 0.25) is 0 Å². The SMILES string of the molecule is Cc1cnn(-c2ccc(NC(=O)NC3CS(=O)(=O)C3)cc2F)c1. The topological polar surface area (TPSA) is 93.1 Å². The predicted octanol–water partition coefficient (Wildman–Crippen LogP) is 1.24. The standard InChI is InChI=1S/C14H15FN4O3S/c1-9-5-16-19(6-9)13-3-2-10(4-12(13)15)17-14(20)18-11-7-23(21,22)8-11/h2-6,11H,7-8H2,1H3,(H2,17,18,20). The van der Waals surface area contributed by atoms with Crippen molar-refractivity contribution in [2.45, 2.75) is 13.0 Å². The first-order valence-electron chi connectivity index (χ1n) is 6.91. The van der Waals surface area contributed by atoms with Gasteiger partial charge in [0.05, 0.1) is 23.7 Å². The smallest absolute Gasteiger partial charge is 0.319 e. The fourth-order valence-electron chi connectivity index (χ4n) is 2.32. The molecule has 1 aromatic carbocycles. The Hall–Kier alpha value is -2.42. The van der Waals surface area contributed by atoms with Crippen LogP contribution in [0, 0.1) is 12.7 Å². The van der Waals surface area contributed by atoms with Gasteiger partial charge in [-0.1, -0.05) is 0 Å². The highest BCUT2D eigenvalue weighted by atomic mass is 32.2. The van der Waals surface area contributed by atoms with Crippen LogP contribution in [0.15, 0.2) is 30.6 Å². The third-order valence-electron chi connectivity index (χ3n) is 3.41. The molecule has 1 aromatic heterocycles. The Morgan fingerprint density at radius 1 is 1.39 bits per heavy atom. The van der Waals surface area contributed by atoms with Crippen molar-refractivity contribution in [2.24, 2.45) is 0 Å². The Morgan fingerprint density at radius 3 is 2.70 bits per heavy atom. The number of carbonyl (C=O) groups excluding carboxylic acids is 1. The Bertz CT molecular complexity index is 851. The summed E-state index contributed by atoms with van der Waals surface area (Å²) in [6, 6.07) is 3.28. The molecule has 0 radical (unpaired) electrons. The Labute approximate surface area is 132 Å². The highest BCUT2D eigenvalue weighted by molar-refractivity contribution is 7.92. The fraction of sp³-hybridized carbons (Fsp3) is 0.286. The minimum Gasteiger partial charge on any atom is -0.333 e. The molecule has 3 rings (SSSR count). The molecule has 23 heavy (non-hydrogen) atoms. The Balaban J connectivity index is 1.65. The van der Waals surface area contributed by atoms with E-state index in [9.17, 15) is 17.6 Å². The van der Waals surface area contributed by atoms with Crippen molar-refractivity contribution in [1.29, 1.82) is 0 Å². The first kappa shape index (κ1) is 15.5. The number of anilines is 1. The zero-order valence-electron chi connectivity index (χ0n) is 12.3. The fourth-order valence-corrected chi connectivity index (χ4v) is 3.61. The van der Waals surface area contributed by atoms with E-state index < -0.39 is 27.7 Å². The average Bonchev–Trinajstić information content (AvgIpc) is 2.83. The summed E-state index contributed by atoms with van der Waals surface area (Å²) >= 11 is 0. The van der Waals surface area contributed by atoms with Gasteiger partial charge in [-0.2, -0.15) is 5.10 Å². The molecular weight excluding hydrogens is 323 g/mol. The third-order valence-corrected chi connectivity index (χ3v) is 5.23. The molecule has 0 unspecified atom stereocenters. The van der Waals surface area contributed by atoms with Gasteiger partial charge in [-0.15, -0.1) is 0 Å². The molecule has 0 bridgehead atoms. The maximum absolute atomic E-state index is 14.1. The molecule has 2 aromatic rings. The van der Waals surface area contributed by atoms with Crippen LogP contribution in [-0.2, 0) is 9.84 Å². The van der Waals surface area contributed by atoms with Gasteiger partial charge in [-0.3, -0.25) is 0 Å². The molecule has 0 atom stereocenters. The molecule has 1 aliphatic heterocycles. The van der Waals surface area contributed by atoms with Crippen molar-refractivity contribution in [3.63, 3.8) is 0 Å². The summed E-state index contributed by atoms with van der Waals surface area (Å²) in [5.74, 6) is -0.657. The van der Waals surface area contributed by atoms with E-state index in [1.165, 1.54) is 16.8 Å². The lowest BCUT2D eigenvalue weighted by Gasteiger charge is -2.26. The van der Waals surface area contributed by atoms with E-state index in [2.05, 4.69) is 15.7 Å². The molecule has 0 spiro atoms. The van der Waals surface area contributed by atoms with E-state index in [4.69, 9.17) is 0 Å². The van der Waals surface area contributed by atoms with Crippen LogP contribution in [0.25, 0.3) is 5.69 Å². The number of amides is 2. The number of nitrogens with one attached hydrogen (secondary N) is 2. The number of rotatable bonds is 3. The predicted molar refractivity (Wildman–Crippen MR) is 82.9 cm³/mol. The first-order chi connectivity index (χ1) is 10.8. The molecule has 1 fully saturated rings. The van der Waals surface area contributed by atoms with E-state index in [1.807, 2.05) is 6.92 Å². The van der Waals surface area contributed by atoms with Crippen molar-refractivity contribution in [1.82, 2.24) is 15.1 Å². The van der Waals surface area contributed by atoms with Gasteiger partial charge in [0.15, 0.2) is 15.7 Å². The van der Waals surface area contributed by atoms with E-state index in [0.717, 1.165) is 5.56 Å². The molecular formula is C14H15FN4O3S. The van der Waals surface area contributed by atoms with Crippen molar-refractivity contribution >= 4 is 21.6 Å². The van der Waals surface area contributed by atoms with Crippen LogP contribution in [0.4, 0.5) is 14.9 Å². The van der Waals surface area contributed by atoms with Crippen LogP contribution in [0.1, 0.15) is 5.56 Å². The normalized spacial score (nSPS) is 16.6. The second-order valence-corrected chi connectivity index (χ2v) is 7.65. The number of benzene rings is 1. The van der Waals surface area contributed by atoms with Crippen molar-refractivity contribution in [3.05, 3.63) is 42.0 Å². The second kappa shape index (κ2) is 5.65. The lowest BCUT2D eigenvalue weighted by Crippen LogP contribution is -2.53. The molecule has 1 saturated heterocycles. The van der Waals surface area contributed by atoms with Gasteiger partial charge in [0, 0.05) is 11.9 Å². The minimum atomic E-state index is -3.00. The molecule has 9 heteroatoms. The van der Waals surface area contributed by atoms with Gasteiger partial charge < -0.3 is 10.6 Å². The molecule has 2 amide bonds. The number of sulfone groups is 1. The largest absolute Gasteiger partial charge is 0.333 e. The highest BCUT2D eigenvalue weighted by Crippen LogP contribution is 2.18. The summed E-state index contributed by atoms with van der Waals surface area (Å²) in [5, 5.41) is 9.03. The van der Waals surface area contributed by atoms with Crippen molar-refractivity contribution in [3.8, 4) is 5.69 Å². The minimum absolute atomic E-state index is 0.0631. The Kier molecular flexibility index (Phi) is 3.80. The molecule has 2 heterocycles. The summed E-state index contributed by atoms with van der Waals surface area (Å²) in [6.07, 6.45) is 3.31. The first-order valence-corrected chi connectivity index (χ1v) is 8.74. The Morgan fingerprint density at radius 2 is 2.13 bits per heavy atom. The lowest BCUT2D eigenvalue weighted by molar-refractivity contribution is 0.249. The summed E-state index contributed by atoms with van der Waals surface area (Å²) in [6.45, 7) is 1.85. The molecule has 2 N–H and O–H groups in total. The van der Waals surface area contributed by atoms with E-state index in [0.29, 0.717) is 0 Å². The zero-order chi connectivity index (χ0) is 16.6. The van der Waals surface area contributed by atoms with Crippen LogP contribution in [-0.4, -0.2) is 41.8 Å². The van der Waals surface area contributed by atoms with Gasteiger partial charge in [0.25, 0.3) is 0 Å². The van der Waals surface area contributed by atoms with Gasteiger partial charge >= 0.3 is 6.03 Å². The number of aromatic nitrogens is 2. The average molecular weight is 338 g/mol. The van der Waals surface area contributed by atoms with Crippen LogP contribution >= 0.6 is 0 Å². The molecule has 7 nitrogen and oxygen atoms in total. The van der Waals surface area contributed by atoms with E-state index >= 15 is 0 Å². The monoisotopic (exact) mass is 338 g/mol. The van der Waals surface area contributed by atoms with Crippen molar-refractivity contribution in [2.75, 3.05) is 16.8 Å².